The highest BCUT2D eigenvalue weighted by Crippen LogP contribution is 2.06. The van der Waals surface area contributed by atoms with Gasteiger partial charge in [0.1, 0.15) is 5.60 Å². The number of amides is 1. The summed E-state index contributed by atoms with van der Waals surface area (Å²) < 4.78 is 9.90. The Balaban J connectivity index is 2.43. The lowest BCUT2D eigenvalue weighted by Crippen LogP contribution is -2.32. The largest absolute Gasteiger partial charge is 0.460 e. The molecule has 1 aromatic heterocycles. The van der Waals surface area contributed by atoms with E-state index in [1.807, 2.05) is 0 Å². The SMILES string of the molecule is CC(C)(C)OC(=O)NCC#Cc1ccoc1C=O. The van der Waals surface area contributed by atoms with Crippen molar-refractivity contribution in [3.05, 3.63) is 23.7 Å². The molecule has 1 heterocycles. The quantitative estimate of drug-likeness (QED) is 0.642. The Labute approximate surface area is 105 Å². The summed E-state index contributed by atoms with van der Waals surface area (Å²) in [6.45, 7) is 5.47. The molecule has 0 fully saturated rings. The summed E-state index contributed by atoms with van der Waals surface area (Å²) in [7, 11) is 0. The van der Waals surface area contributed by atoms with Crippen molar-refractivity contribution >= 4 is 12.4 Å². The minimum absolute atomic E-state index is 0.137. The minimum atomic E-state index is -0.535. The maximum Gasteiger partial charge on any atom is 0.408 e. The summed E-state index contributed by atoms with van der Waals surface area (Å²) in [5.74, 6) is 5.60. The number of carbonyl (C=O) groups is 2. The molecular weight excluding hydrogens is 234 g/mol. The predicted octanol–water partition coefficient (Wildman–Crippen LogP) is 1.97. The van der Waals surface area contributed by atoms with E-state index < -0.39 is 11.7 Å². The van der Waals surface area contributed by atoms with Gasteiger partial charge >= 0.3 is 6.09 Å². The second kappa shape index (κ2) is 5.92. The second-order valence-electron chi connectivity index (χ2n) is 4.47. The monoisotopic (exact) mass is 249 g/mol. The third-order valence-electron chi connectivity index (χ3n) is 1.75. The van der Waals surface area contributed by atoms with E-state index in [1.54, 1.807) is 26.8 Å². The number of nitrogens with one attached hydrogen (secondary N) is 1. The first-order chi connectivity index (χ1) is 8.42. The van der Waals surface area contributed by atoms with Crippen LogP contribution in [0.25, 0.3) is 0 Å². The van der Waals surface area contributed by atoms with Crippen molar-refractivity contribution in [2.75, 3.05) is 6.54 Å². The lowest BCUT2D eigenvalue weighted by molar-refractivity contribution is 0.0535. The molecule has 0 aromatic carbocycles. The molecule has 18 heavy (non-hydrogen) atoms. The van der Waals surface area contributed by atoms with Crippen LogP contribution in [0.15, 0.2) is 16.7 Å². The first-order valence-electron chi connectivity index (χ1n) is 5.41. The summed E-state index contributed by atoms with van der Waals surface area (Å²) in [6.07, 6.45) is 1.44. The first-order valence-corrected chi connectivity index (χ1v) is 5.41. The standard InChI is InChI=1S/C13H15NO4/c1-13(2,3)18-12(16)14-7-4-5-10-6-8-17-11(10)9-15/h6,8-9H,7H2,1-3H3,(H,14,16). The lowest BCUT2D eigenvalue weighted by atomic mass is 10.2. The molecule has 1 N–H and O–H groups in total. The van der Waals surface area contributed by atoms with Crippen LogP contribution in [0.1, 0.15) is 36.9 Å². The predicted molar refractivity (Wildman–Crippen MR) is 65.2 cm³/mol. The van der Waals surface area contributed by atoms with Gasteiger partial charge in [0.05, 0.1) is 18.4 Å². The topological polar surface area (TPSA) is 68.5 Å². The molecule has 96 valence electrons. The van der Waals surface area contributed by atoms with Gasteiger partial charge in [-0.15, -0.1) is 0 Å². The molecule has 0 saturated carbocycles. The van der Waals surface area contributed by atoms with Crippen LogP contribution in [0.3, 0.4) is 0 Å². The zero-order valence-electron chi connectivity index (χ0n) is 10.6. The van der Waals surface area contributed by atoms with E-state index in [-0.39, 0.29) is 12.3 Å². The van der Waals surface area contributed by atoms with Gasteiger partial charge in [-0.25, -0.2) is 4.79 Å². The van der Waals surface area contributed by atoms with Gasteiger partial charge in [-0.2, -0.15) is 0 Å². The Hall–Kier alpha value is -2.22. The van der Waals surface area contributed by atoms with E-state index in [2.05, 4.69) is 17.2 Å². The normalized spacial score (nSPS) is 10.2. The molecule has 0 spiro atoms. The van der Waals surface area contributed by atoms with Crippen molar-refractivity contribution < 1.29 is 18.7 Å². The van der Waals surface area contributed by atoms with Crippen molar-refractivity contribution in [3.8, 4) is 11.8 Å². The van der Waals surface area contributed by atoms with E-state index in [0.717, 1.165) is 0 Å². The summed E-state index contributed by atoms with van der Waals surface area (Å²) in [5, 5.41) is 2.49. The van der Waals surface area contributed by atoms with E-state index in [0.29, 0.717) is 11.8 Å². The fourth-order valence-corrected chi connectivity index (χ4v) is 1.09. The Morgan fingerprint density at radius 1 is 1.56 bits per heavy atom. The molecule has 0 bridgehead atoms. The third kappa shape index (κ3) is 4.74. The smallest absolute Gasteiger partial charge is 0.408 e. The fourth-order valence-electron chi connectivity index (χ4n) is 1.09. The van der Waals surface area contributed by atoms with Crippen LogP contribution in [0.2, 0.25) is 0 Å². The van der Waals surface area contributed by atoms with Gasteiger partial charge in [-0.05, 0) is 26.8 Å². The van der Waals surface area contributed by atoms with E-state index in [4.69, 9.17) is 9.15 Å². The van der Waals surface area contributed by atoms with Gasteiger partial charge in [0.2, 0.25) is 0 Å². The fraction of sp³-hybridized carbons (Fsp3) is 0.385. The van der Waals surface area contributed by atoms with Gasteiger partial charge in [-0.1, -0.05) is 11.8 Å². The Morgan fingerprint density at radius 2 is 2.28 bits per heavy atom. The average molecular weight is 249 g/mol. The van der Waals surface area contributed by atoms with Crippen molar-refractivity contribution in [1.82, 2.24) is 5.32 Å². The van der Waals surface area contributed by atoms with Crippen LogP contribution in [0.4, 0.5) is 4.79 Å². The number of aldehydes is 1. The van der Waals surface area contributed by atoms with Crippen molar-refractivity contribution in [2.45, 2.75) is 26.4 Å². The number of hydrogen-bond acceptors (Lipinski definition) is 4. The molecule has 0 aliphatic heterocycles. The molecule has 0 saturated heterocycles. The molecule has 5 nitrogen and oxygen atoms in total. The molecule has 1 aromatic rings. The van der Waals surface area contributed by atoms with E-state index in [1.165, 1.54) is 6.26 Å². The molecule has 1 rings (SSSR count). The maximum atomic E-state index is 11.3. The van der Waals surface area contributed by atoms with Gasteiger partial charge in [-0.3, -0.25) is 4.79 Å². The molecule has 0 radical (unpaired) electrons. The van der Waals surface area contributed by atoms with E-state index in [9.17, 15) is 9.59 Å². The second-order valence-corrected chi connectivity index (χ2v) is 4.47. The van der Waals surface area contributed by atoms with Crippen LogP contribution >= 0.6 is 0 Å². The molecular formula is C13H15NO4. The number of ether oxygens (including phenoxy) is 1. The van der Waals surface area contributed by atoms with Crippen LogP contribution < -0.4 is 5.32 Å². The van der Waals surface area contributed by atoms with Crippen molar-refractivity contribution in [3.63, 3.8) is 0 Å². The van der Waals surface area contributed by atoms with Crippen LogP contribution in [0, 0.1) is 11.8 Å². The minimum Gasteiger partial charge on any atom is -0.460 e. The molecule has 5 heteroatoms. The van der Waals surface area contributed by atoms with E-state index >= 15 is 0 Å². The zero-order chi connectivity index (χ0) is 13.6. The highest BCUT2D eigenvalue weighted by molar-refractivity contribution is 5.75. The number of carbonyl (C=O) groups excluding carboxylic acids is 2. The molecule has 0 unspecified atom stereocenters. The first kappa shape index (κ1) is 13.8. The summed E-state index contributed by atoms with van der Waals surface area (Å²) in [5.41, 5.74) is -0.0387. The molecule has 1 amide bonds. The zero-order valence-corrected chi connectivity index (χ0v) is 10.6. The summed E-state index contributed by atoms with van der Waals surface area (Å²) in [4.78, 5) is 21.8. The van der Waals surface area contributed by atoms with Gasteiger partial charge in [0.25, 0.3) is 0 Å². The molecule has 0 atom stereocenters. The average Bonchev–Trinajstić information content (AvgIpc) is 2.69. The third-order valence-corrected chi connectivity index (χ3v) is 1.75. The number of furan rings is 1. The Morgan fingerprint density at radius 3 is 2.89 bits per heavy atom. The number of alkyl carbamates (subject to hydrolysis) is 1. The Bertz CT molecular complexity index is 485. The van der Waals surface area contributed by atoms with Crippen LogP contribution in [0.5, 0.6) is 0 Å². The summed E-state index contributed by atoms with van der Waals surface area (Å²) >= 11 is 0. The molecule has 0 aliphatic carbocycles. The molecule has 0 aliphatic rings. The van der Waals surface area contributed by atoms with Crippen LogP contribution in [-0.2, 0) is 4.74 Å². The van der Waals surface area contributed by atoms with Crippen molar-refractivity contribution in [1.29, 1.82) is 0 Å². The lowest BCUT2D eigenvalue weighted by Gasteiger charge is -2.18. The number of rotatable bonds is 2. The van der Waals surface area contributed by atoms with Gasteiger partial charge < -0.3 is 14.5 Å². The van der Waals surface area contributed by atoms with Gasteiger partial charge in [0, 0.05) is 0 Å². The highest BCUT2D eigenvalue weighted by Gasteiger charge is 2.14. The summed E-state index contributed by atoms with van der Waals surface area (Å²) in [6, 6.07) is 1.59. The number of hydrogen-bond donors (Lipinski definition) is 1. The Kier molecular flexibility index (Phi) is 4.55. The maximum absolute atomic E-state index is 11.3. The van der Waals surface area contributed by atoms with Gasteiger partial charge in [0.15, 0.2) is 12.0 Å². The van der Waals surface area contributed by atoms with Crippen LogP contribution in [-0.4, -0.2) is 24.5 Å². The highest BCUT2D eigenvalue weighted by atomic mass is 16.6. The van der Waals surface area contributed by atoms with Crippen molar-refractivity contribution in [2.24, 2.45) is 0 Å².